The normalized spacial score (nSPS) is 19.1. The van der Waals surface area contributed by atoms with Gasteiger partial charge in [0.2, 0.25) is 0 Å². The van der Waals surface area contributed by atoms with Gasteiger partial charge in [-0.2, -0.15) is 0 Å². The van der Waals surface area contributed by atoms with Gasteiger partial charge < -0.3 is 0 Å². The van der Waals surface area contributed by atoms with E-state index in [1.807, 2.05) is 0 Å². The Morgan fingerprint density at radius 2 is 1.94 bits per heavy atom. The summed E-state index contributed by atoms with van der Waals surface area (Å²) in [5, 5.41) is 0. The minimum absolute atomic E-state index is 1.20. The Hall–Kier alpha value is -1.30. The van der Waals surface area contributed by atoms with Gasteiger partial charge in [0, 0.05) is 0 Å². The zero-order chi connectivity index (χ0) is 10.8. The van der Waals surface area contributed by atoms with E-state index in [4.69, 9.17) is 0 Å². The smallest absolute Gasteiger partial charge is 0.0225 e. The molecule has 0 bridgehead atoms. The van der Waals surface area contributed by atoms with Crippen LogP contribution in [-0.2, 0) is 6.42 Å². The van der Waals surface area contributed by atoms with Crippen molar-refractivity contribution in [2.24, 2.45) is 0 Å². The molecule has 0 amide bonds. The first-order valence-electron chi connectivity index (χ1n) is 6.42. The maximum atomic E-state index is 2.43. The van der Waals surface area contributed by atoms with Crippen LogP contribution in [0.1, 0.15) is 48.8 Å². The number of benzene rings is 1. The van der Waals surface area contributed by atoms with Gasteiger partial charge in [0.05, 0.1) is 0 Å². The molecule has 0 saturated heterocycles. The van der Waals surface area contributed by atoms with E-state index in [0.717, 1.165) is 0 Å². The van der Waals surface area contributed by atoms with Crippen molar-refractivity contribution in [2.75, 3.05) is 0 Å². The maximum Gasteiger partial charge on any atom is -0.0225 e. The fourth-order valence-electron chi connectivity index (χ4n) is 2.73. The SMILES string of the molecule is C1=Cc2ccc(C3=CCCCC3)cc2CC1. The van der Waals surface area contributed by atoms with Crippen LogP contribution in [0, 0.1) is 0 Å². The Kier molecular flexibility index (Phi) is 2.65. The second-order valence-corrected chi connectivity index (χ2v) is 4.83. The van der Waals surface area contributed by atoms with Crippen molar-refractivity contribution in [3.8, 4) is 0 Å². The summed E-state index contributed by atoms with van der Waals surface area (Å²) < 4.78 is 0. The van der Waals surface area contributed by atoms with Crippen LogP contribution >= 0.6 is 0 Å². The van der Waals surface area contributed by atoms with E-state index in [-0.39, 0.29) is 0 Å². The summed E-state index contributed by atoms with van der Waals surface area (Å²) in [5.41, 5.74) is 6.00. The van der Waals surface area contributed by atoms with Crippen LogP contribution < -0.4 is 0 Å². The Bertz CT molecular complexity index is 449. The average Bonchev–Trinajstić information content (AvgIpc) is 2.39. The van der Waals surface area contributed by atoms with E-state index >= 15 is 0 Å². The van der Waals surface area contributed by atoms with Crippen LogP contribution in [0.4, 0.5) is 0 Å². The molecule has 0 nitrogen and oxygen atoms in total. The van der Waals surface area contributed by atoms with Crippen molar-refractivity contribution in [1.82, 2.24) is 0 Å². The van der Waals surface area contributed by atoms with E-state index in [1.54, 1.807) is 5.57 Å². The summed E-state index contributed by atoms with van der Waals surface area (Å²) in [6.45, 7) is 0. The van der Waals surface area contributed by atoms with E-state index < -0.39 is 0 Å². The zero-order valence-corrected chi connectivity index (χ0v) is 9.71. The largest absolute Gasteiger partial charge is 0.0836 e. The first kappa shape index (κ1) is 9.89. The fraction of sp³-hybridized carbons (Fsp3) is 0.375. The predicted molar refractivity (Wildman–Crippen MR) is 70.2 cm³/mol. The van der Waals surface area contributed by atoms with Crippen LogP contribution in [0.15, 0.2) is 30.4 Å². The Labute approximate surface area is 97.7 Å². The molecule has 0 N–H and O–H groups in total. The third kappa shape index (κ3) is 1.84. The number of allylic oxidation sites excluding steroid dienone is 3. The molecular weight excluding hydrogens is 192 g/mol. The molecule has 0 atom stereocenters. The molecule has 0 spiro atoms. The zero-order valence-electron chi connectivity index (χ0n) is 9.71. The van der Waals surface area contributed by atoms with Gasteiger partial charge >= 0.3 is 0 Å². The Morgan fingerprint density at radius 1 is 0.938 bits per heavy atom. The van der Waals surface area contributed by atoms with Gasteiger partial charge in [0.15, 0.2) is 0 Å². The summed E-state index contributed by atoms with van der Waals surface area (Å²) in [7, 11) is 0. The van der Waals surface area contributed by atoms with Crippen molar-refractivity contribution in [3.05, 3.63) is 47.0 Å². The number of hydrogen-bond acceptors (Lipinski definition) is 0. The van der Waals surface area contributed by atoms with Gasteiger partial charge in [0.25, 0.3) is 0 Å². The van der Waals surface area contributed by atoms with E-state index in [1.165, 1.54) is 55.2 Å². The highest BCUT2D eigenvalue weighted by atomic mass is 14.1. The van der Waals surface area contributed by atoms with Crippen molar-refractivity contribution in [1.29, 1.82) is 0 Å². The highest BCUT2D eigenvalue weighted by molar-refractivity contribution is 5.69. The third-order valence-corrected chi connectivity index (χ3v) is 3.68. The lowest BCUT2D eigenvalue weighted by Gasteiger charge is -2.16. The molecule has 1 aromatic carbocycles. The molecule has 16 heavy (non-hydrogen) atoms. The molecule has 0 saturated carbocycles. The molecule has 0 heterocycles. The van der Waals surface area contributed by atoms with E-state index in [9.17, 15) is 0 Å². The maximum absolute atomic E-state index is 2.43. The average molecular weight is 210 g/mol. The third-order valence-electron chi connectivity index (χ3n) is 3.68. The van der Waals surface area contributed by atoms with Crippen LogP contribution in [-0.4, -0.2) is 0 Å². The number of fused-ring (bicyclic) bond motifs is 1. The molecule has 0 fully saturated rings. The van der Waals surface area contributed by atoms with Gasteiger partial charge in [-0.15, -0.1) is 0 Å². The molecule has 0 aromatic heterocycles. The number of hydrogen-bond donors (Lipinski definition) is 0. The quantitative estimate of drug-likeness (QED) is 0.635. The Morgan fingerprint density at radius 3 is 2.81 bits per heavy atom. The standard InChI is InChI=1S/C16H18/c1-2-6-13(7-3-1)16-11-10-14-8-4-5-9-15(14)12-16/h4,6,8,10-12H,1-3,5,7,9H2. The van der Waals surface area contributed by atoms with Gasteiger partial charge in [0.1, 0.15) is 0 Å². The summed E-state index contributed by atoms with van der Waals surface area (Å²) in [5.74, 6) is 0. The van der Waals surface area contributed by atoms with Gasteiger partial charge in [-0.25, -0.2) is 0 Å². The van der Waals surface area contributed by atoms with E-state index in [2.05, 4.69) is 36.4 Å². The van der Waals surface area contributed by atoms with Gasteiger partial charge in [-0.3, -0.25) is 0 Å². The summed E-state index contributed by atoms with van der Waals surface area (Å²) in [6, 6.07) is 7.00. The summed E-state index contributed by atoms with van der Waals surface area (Å²) in [6.07, 6.45) is 14.7. The molecule has 3 rings (SSSR count). The molecule has 82 valence electrons. The minimum atomic E-state index is 1.20. The highest BCUT2D eigenvalue weighted by Crippen LogP contribution is 2.29. The summed E-state index contributed by atoms with van der Waals surface area (Å²) >= 11 is 0. The molecule has 0 unspecified atom stereocenters. The number of aryl methyl sites for hydroxylation is 1. The second kappa shape index (κ2) is 4.29. The van der Waals surface area contributed by atoms with Crippen molar-refractivity contribution < 1.29 is 0 Å². The molecule has 2 aliphatic carbocycles. The Balaban J connectivity index is 1.97. The van der Waals surface area contributed by atoms with Crippen molar-refractivity contribution >= 4 is 11.6 Å². The topological polar surface area (TPSA) is 0 Å². The van der Waals surface area contributed by atoms with Crippen molar-refractivity contribution in [3.63, 3.8) is 0 Å². The molecule has 0 aliphatic heterocycles. The lowest BCUT2D eigenvalue weighted by Crippen LogP contribution is -1.97. The molecule has 1 aromatic rings. The van der Waals surface area contributed by atoms with Crippen molar-refractivity contribution in [2.45, 2.75) is 38.5 Å². The van der Waals surface area contributed by atoms with Gasteiger partial charge in [-0.05, 0) is 60.8 Å². The lowest BCUT2D eigenvalue weighted by atomic mass is 9.89. The summed E-state index contributed by atoms with van der Waals surface area (Å²) in [4.78, 5) is 0. The fourth-order valence-corrected chi connectivity index (χ4v) is 2.73. The predicted octanol–water partition coefficient (Wildman–Crippen LogP) is 4.60. The molecule has 2 aliphatic rings. The monoisotopic (exact) mass is 210 g/mol. The lowest BCUT2D eigenvalue weighted by molar-refractivity contribution is 0.742. The van der Waals surface area contributed by atoms with Crippen LogP contribution in [0.25, 0.3) is 11.6 Å². The molecule has 0 heteroatoms. The van der Waals surface area contributed by atoms with Gasteiger partial charge in [-0.1, -0.05) is 36.4 Å². The van der Waals surface area contributed by atoms with Crippen LogP contribution in [0.2, 0.25) is 0 Å². The second-order valence-electron chi connectivity index (χ2n) is 4.83. The molecular formula is C16H18. The first-order valence-corrected chi connectivity index (χ1v) is 6.42. The number of rotatable bonds is 1. The highest BCUT2D eigenvalue weighted by Gasteiger charge is 2.09. The minimum Gasteiger partial charge on any atom is -0.0836 e. The first-order chi connectivity index (χ1) is 7.93. The molecule has 0 radical (unpaired) electrons. The van der Waals surface area contributed by atoms with E-state index in [0.29, 0.717) is 0 Å². The van der Waals surface area contributed by atoms with Crippen LogP contribution in [0.3, 0.4) is 0 Å². The van der Waals surface area contributed by atoms with Crippen LogP contribution in [0.5, 0.6) is 0 Å².